The maximum absolute atomic E-state index is 10.9. The van der Waals surface area contributed by atoms with Crippen LogP contribution in [-0.2, 0) is 6.42 Å². The summed E-state index contributed by atoms with van der Waals surface area (Å²) in [5, 5.41) is 12.5. The van der Waals surface area contributed by atoms with Crippen LogP contribution in [0.1, 0.15) is 16.1 Å². The summed E-state index contributed by atoms with van der Waals surface area (Å²) in [6.07, 6.45) is 0.784. The molecule has 0 atom stereocenters. The Morgan fingerprint density at radius 1 is 1.09 bits per heavy atom. The van der Waals surface area contributed by atoms with E-state index in [-0.39, 0.29) is 5.69 Å². The second-order valence-corrected chi connectivity index (χ2v) is 4.96. The molecule has 23 heavy (non-hydrogen) atoms. The van der Waals surface area contributed by atoms with E-state index in [9.17, 15) is 4.79 Å². The minimum Gasteiger partial charge on any atom is -0.492 e. The first-order valence-corrected chi connectivity index (χ1v) is 7.20. The molecule has 1 heterocycles. The van der Waals surface area contributed by atoms with Gasteiger partial charge in [0, 0.05) is 12.5 Å². The van der Waals surface area contributed by atoms with Gasteiger partial charge in [-0.1, -0.05) is 47.6 Å². The van der Waals surface area contributed by atoms with Gasteiger partial charge in [0.25, 0.3) is 0 Å². The number of rotatable bonds is 6. The lowest BCUT2D eigenvalue weighted by atomic mass is 10.1. The van der Waals surface area contributed by atoms with Crippen molar-refractivity contribution in [1.29, 1.82) is 0 Å². The summed E-state index contributed by atoms with van der Waals surface area (Å²) in [5.41, 5.74) is 1.75. The lowest BCUT2D eigenvalue weighted by molar-refractivity contribution is 0.0686. The van der Waals surface area contributed by atoms with E-state index in [1.807, 2.05) is 54.6 Å². The van der Waals surface area contributed by atoms with Crippen molar-refractivity contribution in [3.8, 4) is 17.1 Å². The lowest BCUT2D eigenvalue weighted by Crippen LogP contribution is -2.02. The topological polar surface area (TPSA) is 72.6 Å². The third kappa shape index (κ3) is 3.58. The number of carboxylic acid groups (broad SMARTS) is 1. The van der Waals surface area contributed by atoms with Gasteiger partial charge in [0.1, 0.15) is 5.75 Å². The molecule has 0 spiro atoms. The molecule has 5 heteroatoms. The van der Waals surface area contributed by atoms with Gasteiger partial charge in [0.05, 0.1) is 12.2 Å². The molecule has 3 aromatic rings. The van der Waals surface area contributed by atoms with Crippen molar-refractivity contribution in [3.05, 3.63) is 71.9 Å². The smallest absolute Gasteiger partial charge is 0.358 e. The molecule has 0 radical (unpaired) electrons. The fourth-order valence-electron chi connectivity index (χ4n) is 2.22. The first kappa shape index (κ1) is 14.8. The van der Waals surface area contributed by atoms with Crippen LogP contribution in [0.2, 0.25) is 0 Å². The molecule has 0 unspecified atom stereocenters. The largest absolute Gasteiger partial charge is 0.492 e. The van der Waals surface area contributed by atoms with Crippen LogP contribution < -0.4 is 4.74 Å². The number of carbonyl (C=O) groups is 1. The van der Waals surface area contributed by atoms with Gasteiger partial charge in [-0.2, -0.15) is 0 Å². The summed E-state index contributed by atoms with van der Waals surface area (Å²) in [7, 11) is 0. The highest BCUT2D eigenvalue weighted by Gasteiger charge is 2.15. The summed E-state index contributed by atoms with van der Waals surface area (Å²) < 4.78 is 10.9. The van der Waals surface area contributed by atoms with Crippen LogP contribution in [0.5, 0.6) is 5.75 Å². The molecule has 0 amide bonds. The Morgan fingerprint density at radius 2 is 1.83 bits per heavy atom. The van der Waals surface area contributed by atoms with E-state index in [1.165, 1.54) is 11.6 Å². The van der Waals surface area contributed by atoms with Crippen molar-refractivity contribution in [2.45, 2.75) is 6.42 Å². The van der Waals surface area contributed by atoms with Gasteiger partial charge in [-0.05, 0) is 17.7 Å². The van der Waals surface area contributed by atoms with E-state index < -0.39 is 5.97 Å². The van der Waals surface area contributed by atoms with Crippen molar-refractivity contribution in [2.75, 3.05) is 6.61 Å². The quantitative estimate of drug-likeness (QED) is 0.752. The zero-order chi connectivity index (χ0) is 16.1. The number of nitrogens with zero attached hydrogens (tertiary/aromatic N) is 1. The normalized spacial score (nSPS) is 10.4. The van der Waals surface area contributed by atoms with Crippen LogP contribution in [0.4, 0.5) is 0 Å². The average Bonchev–Trinajstić information content (AvgIpc) is 3.06. The minimum absolute atomic E-state index is 0.126. The van der Waals surface area contributed by atoms with Crippen molar-refractivity contribution in [3.63, 3.8) is 0 Å². The Bertz CT molecular complexity index is 796. The standard InChI is InChI=1S/C18H15NO4/c20-18(21)15-12-17(23-19-15)14-8-4-5-9-16(14)22-11-10-13-6-2-1-3-7-13/h1-9,12H,10-11H2,(H,20,21). The number of benzene rings is 2. The fourth-order valence-corrected chi connectivity index (χ4v) is 2.22. The molecule has 116 valence electrons. The van der Waals surface area contributed by atoms with Crippen LogP contribution in [0.25, 0.3) is 11.3 Å². The summed E-state index contributed by atoms with van der Waals surface area (Å²) in [5.74, 6) is -0.114. The van der Waals surface area contributed by atoms with E-state index in [4.69, 9.17) is 14.4 Å². The summed E-state index contributed by atoms with van der Waals surface area (Å²) in [6, 6.07) is 18.8. The average molecular weight is 309 g/mol. The molecule has 0 saturated carbocycles. The minimum atomic E-state index is -1.12. The van der Waals surface area contributed by atoms with Crippen molar-refractivity contribution in [2.24, 2.45) is 0 Å². The zero-order valence-electron chi connectivity index (χ0n) is 12.3. The Kier molecular flexibility index (Phi) is 4.38. The number of hydrogen-bond donors (Lipinski definition) is 1. The van der Waals surface area contributed by atoms with Gasteiger partial charge < -0.3 is 14.4 Å². The number of hydrogen-bond acceptors (Lipinski definition) is 4. The van der Waals surface area contributed by atoms with E-state index in [0.717, 1.165) is 6.42 Å². The molecule has 0 saturated heterocycles. The second-order valence-electron chi connectivity index (χ2n) is 4.96. The molecular weight excluding hydrogens is 294 g/mol. The summed E-state index contributed by atoms with van der Waals surface area (Å²) in [4.78, 5) is 10.9. The number of carboxylic acids is 1. The number of para-hydroxylation sites is 1. The van der Waals surface area contributed by atoms with Crippen LogP contribution in [0.15, 0.2) is 65.2 Å². The third-order valence-corrected chi connectivity index (χ3v) is 3.37. The summed E-state index contributed by atoms with van der Waals surface area (Å²) >= 11 is 0. The van der Waals surface area contributed by atoms with Gasteiger partial charge in [-0.15, -0.1) is 0 Å². The summed E-state index contributed by atoms with van der Waals surface area (Å²) in [6.45, 7) is 0.515. The maximum Gasteiger partial charge on any atom is 0.358 e. The van der Waals surface area contributed by atoms with Gasteiger partial charge in [0.15, 0.2) is 11.5 Å². The molecule has 0 aliphatic carbocycles. The van der Waals surface area contributed by atoms with E-state index in [2.05, 4.69) is 5.16 Å². The molecule has 0 aliphatic heterocycles. The lowest BCUT2D eigenvalue weighted by Gasteiger charge is -2.09. The molecule has 1 aromatic heterocycles. The van der Waals surface area contributed by atoms with Crippen molar-refractivity contribution < 1.29 is 19.2 Å². The van der Waals surface area contributed by atoms with E-state index in [1.54, 1.807) is 0 Å². The number of aromatic nitrogens is 1. The van der Waals surface area contributed by atoms with Crippen LogP contribution in [-0.4, -0.2) is 22.8 Å². The van der Waals surface area contributed by atoms with Crippen LogP contribution in [0.3, 0.4) is 0 Å². The van der Waals surface area contributed by atoms with Crippen LogP contribution >= 0.6 is 0 Å². The Morgan fingerprint density at radius 3 is 2.57 bits per heavy atom. The third-order valence-electron chi connectivity index (χ3n) is 3.37. The number of ether oxygens (including phenoxy) is 1. The first-order valence-electron chi connectivity index (χ1n) is 7.20. The zero-order valence-corrected chi connectivity index (χ0v) is 12.3. The van der Waals surface area contributed by atoms with Crippen LogP contribution in [0, 0.1) is 0 Å². The Balaban J connectivity index is 1.74. The molecule has 1 N–H and O–H groups in total. The molecule has 0 aliphatic rings. The van der Waals surface area contributed by atoms with E-state index in [0.29, 0.717) is 23.7 Å². The monoisotopic (exact) mass is 309 g/mol. The van der Waals surface area contributed by atoms with Gasteiger partial charge >= 0.3 is 5.97 Å². The van der Waals surface area contributed by atoms with Crippen molar-refractivity contribution >= 4 is 5.97 Å². The Labute approximate surface area is 133 Å². The highest BCUT2D eigenvalue weighted by Crippen LogP contribution is 2.30. The Hall–Kier alpha value is -3.08. The van der Waals surface area contributed by atoms with Gasteiger partial charge in [-0.3, -0.25) is 0 Å². The maximum atomic E-state index is 10.9. The van der Waals surface area contributed by atoms with Crippen molar-refractivity contribution in [1.82, 2.24) is 5.16 Å². The molecule has 3 rings (SSSR count). The van der Waals surface area contributed by atoms with E-state index >= 15 is 0 Å². The SMILES string of the molecule is O=C(O)c1cc(-c2ccccc2OCCc2ccccc2)on1. The first-order chi connectivity index (χ1) is 11.2. The highest BCUT2D eigenvalue weighted by atomic mass is 16.5. The number of aromatic carboxylic acids is 1. The molecule has 2 aromatic carbocycles. The highest BCUT2D eigenvalue weighted by molar-refractivity contribution is 5.86. The predicted molar refractivity (Wildman–Crippen MR) is 84.5 cm³/mol. The molecule has 5 nitrogen and oxygen atoms in total. The predicted octanol–water partition coefficient (Wildman–Crippen LogP) is 3.66. The fraction of sp³-hybridized carbons (Fsp3) is 0.111. The van der Waals surface area contributed by atoms with Gasteiger partial charge in [0.2, 0.25) is 0 Å². The molecule has 0 bridgehead atoms. The molecular formula is C18H15NO4. The van der Waals surface area contributed by atoms with Gasteiger partial charge in [-0.25, -0.2) is 4.79 Å². The molecule has 0 fully saturated rings. The second kappa shape index (κ2) is 6.79.